The number of hydrogen-bond donors (Lipinski definition) is 1. The van der Waals surface area contributed by atoms with Gasteiger partial charge in [-0.1, -0.05) is 25.4 Å². The van der Waals surface area contributed by atoms with Gasteiger partial charge in [-0.15, -0.1) is 0 Å². The van der Waals surface area contributed by atoms with Crippen molar-refractivity contribution in [3.05, 3.63) is 0 Å². The SMILES string of the molecule is CC(Cl)OC(=O)C(N)C(C)C. The molecule has 0 aromatic carbocycles. The highest BCUT2D eigenvalue weighted by Crippen LogP contribution is 2.04. The van der Waals surface area contributed by atoms with E-state index in [1.165, 1.54) is 0 Å². The molecule has 0 heterocycles. The lowest BCUT2D eigenvalue weighted by Gasteiger charge is -2.15. The Kier molecular flexibility index (Phi) is 4.45. The van der Waals surface area contributed by atoms with Crippen LogP contribution in [0.25, 0.3) is 0 Å². The number of halogens is 1. The Morgan fingerprint density at radius 1 is 1.45 bits per heavy atom. The Morgan fingerprint density at radius 3 is 2.18 bits per heavy atom. The second kappa shape index (κ2) is 4.57. The van der Waals surface area contributed by atoms with Crippen molar-refractivity contribution in [2.24, 2.45) is 11.7 Å². The van der Waals surface area contributed by atoms with E-state index in [-0.39, 0.29) is 5.92 Å². The van der Waals surface area contributed by atoms with Gasteiger partial charge in [0.15, 0.2) is 5.56 Å². The molecule has 0 bridgehead atoms. The van der Waals surface area contributed by atoms with Gasteiger partial charge in [-0.2, -0.15) is 0 Å². The quantitative estimate of drug-likeness (QED) is 0.522. The lowest BCUT2D eigenvalue weighted by Crippen LogP contribution is -2.37. The molecule has 0 aliphatic carbocycles. The van der Waals surface area contributed by atoms with Crippen molar-refractivity contribution in [1.82, 2.24) is 0 Å². The van der Waals surface area contributed by atoms with Gasteiger partial charge in [-0.3, -0.25) is 4.79 Å². The second-order valence-corrected chi connectivity index (χ2v) is 3.36. The van der Waals surface area contributed by atoms with Crippen molar-refractivity contribution in [3.8, 4) is 0 Å². The summed E-state index contributed by atoms with van der Waals surface area (Å²) in [6, 6.07) is -0.573. The van der Waals surface area contributed by atoms with E-state index in [9.17, 15) is 4.79 Å². The van der Waals surface area contributed by atoms with Crippen molar-refractivity contribution in [1.29, 1.82) is 0 Å². The van der Waals surface area contributed by atoms with Crippen molar-refractivity contribution >= 4 is 17.6 Å². The number of alkyl halides is 1. The summed E-state index contributed by atoms with van der Waals surface area (Å²) in [6.45, 7) is 5.28. The van der Waals surface area contributed by atoms with Gasteiger partial charge in [-0.25, -0.2) is 0 Å². The normalized spacial score (nSPS) is 16.2. The Bertz CT molecular complexity index is 136. The highest BCUT2D eigenvalue weighted by atomic mass is 35.5. The first-order chi connectivity index (χ1) is 4.95. The number of esters is 1. The third kappa shape index (κ3) is 4.22. The lowest BCUT2D eigenvalue weighted by atomic mass is 10.1. The van der Waals surface area contributed by atoms with E-state index < -0.39 is 17.6 Å². The smallest absolute Gasteiger partial charge is 0.324 e. The number of hydrogen-bond acceptors (Lipinski definition) is 3. The second-order valence-electron chi connectivity index (χ2n) is 2.75. The van der Waals surface area contributed by atoms with Gasteiger partial charge < -0.3 is 10.5 Å². The molecular formula is C7H14ClNO2. The zero-order valence-corrected chi connectivity index (χ0v) is 7.76. The number of rotatable bonds is 3. The maximum atomic E-state index is 11.0. The van der Waals surface area contributed by atoms with Crippen molar-refractivity contribution in [3.63, 3.8) is 0 Å². The molecule has 0 fully saturated rings. The van der Waals surface area contributed by atoms with Crippen LogP contribution in [0.2, 0.25) is 0 Å². The van der Waals surface area contributed by atoms with Crippen LogP contribution in [0.4, 0.5) is 0 Å². The largest absolute Gasteiger partial charge is 0.445 e. The predicted molar refractivity (Wildman–Crippen MR) is 44.2 cm³/mol. The standard InChI is InChI=1S/C7H14ClNO2/c1-4(2)6(9)7(10)11-5(3)8/h4-6H,9H2,1-3H3. The maximum Gasteiger partial charge on any atom is 0.324 e. The molecule has 0 aliphatic heterocycles. The molecule has 0 radical (unpaired) electrons. The summed E-state index contributed by atoms with van der Waals surface area (Å²) in [5.74, 6) is -0.361. The van der Waals surface area contributed by atoms with E-state index in [2.05, 4.69) is 4.74 Å². The number of carbonyl (C=O) groups is 1. The fourth-order valence-corrected chi connectivity index (χ4v) is 0.599. The van der Waals surface area contributed by atoms with Crippen LogP contribution in [0.5, 0.6) is 0 Å². The topological polar surface area (TPSA) is 52.3 Å². The van der Waals surface area contributed by atoms with Gasteiger partial charge in [0.1, 0.15) is 6.04 Å². The Balaban J connectivity index is 3.83. The molecule has 0 saturated carbocycles. The maximum absolute atomic E-state index is 11.0. The molecule has 0 aromatic heterocycles. The molecule has 3 nitrogen and oxygen atoms in total. The predicted octanol–water partition coefficient (Wildman–Crippen LogP) is 1.10. The summed E-state index contributed by atoms with van der Waals surface area (Å²) >= 11 is 5.42. The summed E-state index contributed by atoms with van der Waals surface area (Å²) in [6.07, 6.45) is 0. The fraction of sp³-hybridized carbons (Fsp3) is 0.857. The lowest BCUT2D eigenvalue weighted by molar-refractivity contribution is -0.147. The molecule has 0 spiro atoms. The first kappa shape index (κ1) is 10.7. The molecule has 0 amide bonds. The van der Waals surface area contributed by atoms with Gasteiger partial charge in [0, 0.05) is 0 Å². The van der Waals surface area contributed by atoms with E-state index in [0.29, 0.717) is 0 Å². The Hall–Kier alpha value is -0.280. The molecular weight excluding hydrogens is 166 g/mol. The minimum absolute atomic E-state index is 0.0814. The summed E-state index contributed by atoms with van der Waals surface area (Å²) < 4.78 is 4.67. The van der Waals surface area contributed by atoms with Gasteiger partial charge in [0.05, 0.1) is 0 Å². The Labute approximate surface area is 71.8 Å². The summed E-state index contributed by atoms with van der Waals surface area (Å²) in [7, 11) is 0. The van der Waals surface area contributed by atoms with Crippen LogP contribution in [0, 0.1) is 5.92 Å². The van der Waals surface area contributed by atoms with Gasteiger partial charge in [0.25, 0.3) is 0 Å². The Morgan fingerprint density at radius 2 is 1.91 bits per heavy atom. The van der Waals surface area contributed by atoms with Crippen LogP contribution >= 0.6 is 11.6 Å². The molecule has 0 aliphatic rings. The number of nitrogens with two attached hydrogens (primary N) is 1. The number of carbonyl (C=O) groups excluding carboxylic acids is 1. The molecule has 2 unspecified atom stereocenters. The molecule has 11 heavy (non-hydrogen) atoms. The third-order valence-corrected chi connectivity index (χ3v) is 1.36. The van der Waals surface area contributed by atoms with Crippen LogP contribution in [0.1, 0.15) is 20.8 Å². The molecule has 2 atom stereocenters. The molecule has 0 aromatic rings. The van der Waals surface area contributed by atoms with Gasteiger partial charge >= 0.3 is 5.97 Å². The van der Waals surface area contributed by atoms with E-state index >= 15 is 0 Å². The van der Waals surface area contributed by atoms with Crippen LogP contribution < -0.4 is 5.73 Å². The van der Waals surface area contributed by atoms with E-state index in [1.54, 1.807) is 6.92 Å². The third-order valence-electron chi connectivity index (χ3n) is 1.27. The average Bonchev–Trinajstić information content (AvgIpc) is 1.84. The highest BCUT2D eigenvalue weighted by molar-refractivity contribution is 6.20. The molecule has 66 valence electrons. The first-order valence-electron chi connectivity index (χ1n) is 3.55. The molecule has 0 rings (SSSR count). The van der Waals surface area contributed by atoms with Crippen molar-refractivity contribution < 1.29 is 9.53 Å². The molecule has 2 N–H and O–H groups in total. The number of ether oxygens (including phenoxy) is 1. The van der Waals surface area contributed by atoms with Gasteiger partial charge in [-0.05, 0) is 12.8 Å². The van der Waals surface area contributed by atoms with Gasteiger partial charge in [0.2, 0.25) is 0 Å². The zero-order valence-electron chi connectivity index (χ0n) is 7.00. The first-order valence-corrected chi connectivity index (χ1v) is 3.99. The van der Waals surface area contributed by atoms with Crippen LogP contribution in [-0.2, 0) is 9.53 Å². The van der Waals surface area contributed by atoms with E-state index in [4.69, 9.17) is 17.3 Å². The summed E-state index contributed by atoms with van der Waals surface area (Å²) in [5, 5.41) is 0. The summed E-state index contributed by atoms with van der Waals surface area (Å²) in [5.41, 5.74) is 4.87. The minimum atomic E-state index is -0.604. The van der Waals surface area contributed by atoms with E-state index in [1.807, 2.05) is 13.8 Å². The van der Waals surface area contributed by atoms with Crippen LogP contribution in [0.15, 0.2) is 0 Å². The van der Waals surface area contributed by atoms with Crippen molar-refractivity contribution in [2.75, 3.05) is 0 Å². The fourth-order valence-electron chi connectivity index (χ4n) is 0.511. The van der Waals surface area contributed by atoms with Crippen molar-refractivity contribution in [2.45, 2.75) is 32.4 Å². The van der Waals surface area contributed by atoms with Crippen LogP contribution in [-0.4, -0.2) is 17.6 Å². The monoisotopic (exact) mass is 179 g/mol. The van der Waals surface area contributed by atoms with Crippen LogP contribution in [0.3, 0.4) is 0 Å². The zero-order chi connectivity index (χ0) is 9.02. The molecule has 4 heteroatoms. The molecule has 0 saturated heterocycles. The van der Waals surface area contributed by atoms with E-state index in [0.717, 1.165) is 0 Å². The average molecular weight is 180 g/mol. The minimum Gasteiger partial charge on any atom is -0.445 e. The highest BCUT2D eigenvalue weighted by Gasteiger charge is 2.19. The summed E-state index contributed by atoms with van der Waals surface area (Å²) in [4.78, 5) is 11.0.